The number of hydrogen-bond donors (Lipinski definition) is 1. The van der Waals surface area contributed by atoms with E-state index >= 15 is 0 Å². The number of aromatic nitrogens is 3. The zero-order valence-corrected chi connectivity index (χ0v) is 20.6. The van der Waals surface area contributed by atoms with Gasteiger partial charge in [-0.1, -0.05) is 6.07 Å². The first-order chi connectivity index (χ1) is 14.5. The predicted molar refractivity (Wildman–Crippen MR) is 129 cm³/mol. The summed E-state index contributed by atoms with van der Waals surface area (Å²) in [5.74, 6) is 1.28. The van der Waals surface area contributed by atoms with E-state index in [1.165, 1.54) is 10.9 Å². The molecule has 6 nitrogen and oxygen atoms in total. The molecule has 0 saturated carbocycles. The van der Waals surface area contributed by atoms with Crippen molar-refractivity contribution < 1.29 is 8.78 Å². The second-order valence-electron chi connectivity index (χ2n) is 7.32. The van der Waals surface area contributed by atoms with Crippen LogP contribution in [0.25, 0.3) is 0 Å². The van der Waals surface area contributed by atoms with Crippen LogP contribution in [0.2, 0.25) is 0 Å². The molecule has 0 aliphatic carbocycles. The minimum atomic E-state index is -0.549. The highest BCUT2D eigenvalue weighted by molar-refractivity contribution is 14.0. The Balaban J connectivity index is 0.00000272. The van der Waals surface area contributed by atoms with Crippen LogP contribution >= 0.6 is 35.3 Å². The number of aliphatic imine (C=N–C) groups is 1. The zero-order chi connectivity index (χ0) is 21.1. The quantitative estimate of drug-likeness (QED) is 0.294. The van der Waals surface area contributed by atoms with Crippen LogP contribution in [-0.2, 0) is 33.0 Å². The first kappa shape index (κ1) is 23.6. The van der Waals surface area contributed by atoms with Crippen LogP contribution in [0.1, 0.15) is 27.7 Å². The molecule has 1 aromatic carbocycles. The van der Waals surface area contributed by atoms with E-state index in [1.807, 2.05) is 29.5 Å². The van der Waals surface area contributed by atoms with Crippen LogP contribution in [0.15, 0.2) is 34.6 Å². The van der Waals surface area contributed by atoms with Gasteiger partial charge in [-0.25, -0.2) is 13.8 Å². The number of benzene rings is 1. The Morgan fingerprint density at radius 1 is 1.29 bits per heavy atom. The van der Waals surface area contributed by atoms with Gasteiger partial charge in [0, 0.05) is 37.6 Å². The molecule has 1 aliphatic heterocycles. The van der Waals surface area contributed by atoms with Crippen molar-refractivity contribution in [1.82, 2.24) is 25.0 Å². The Kier molecular flexibility index (Phi) is 7.98. The summed E-state index contributed by atoms with van der Waals surface area (Å²) in [6, 6.07) is 6.52. The van der Waals surface area contributed by atoms with Crippen LogP contribution in [0.5, 0.6) is 0 Å². The lowest BCUT2D eigenvalue weighted by Gasteiger charge is -2.32. The van der Waals surface area contributed by atoms with Gasteiger partial charge in [0.25, 0.3) is 0 Å². The lowest BCUT2D eigenvalue weighted by atomic mass is 9.99. The van der Waals surface area contributed by atoms with Gasteiger partial charge in [-0.05, 0) is 48.4 Å². The van der Waals surface area contributed by atoms with Crippen molar-refractivity contribution in [2.24, 2.45) is 12.0 Å². The second-order valence-corrected chi connectivity index (χ2v) is 8.35. The topological polar surface area (TPSA) is 58.3 Å². The molecule has 0 saturated heterocycles. The van der Waals surface area contributed by atoms with Crippen LogP contribution in [0.4, 0.5) is 8.78 Å². The molecule has 0 bridgehead atoms. The van der Waals surface area contributed by atoms with Gasteiger partial charge in [-0.3, -0.25) is 0 Å². The van der Waals surface area contributed by atoms with Crippen molar-refractivity contribution in [2.75, 3.05) is 13.1 Å². The van der Waals surface area contributed by atoms with E-state index in [1.54, 1.807) is 11.3 Å². The summed E-state index contributed by atoms with van der Waals surface area (Å²) in [7, 11) is 1.91. The Hall–Kier alpha value is -2.08. The number of nitrogens with zero attached hydrogens (tertiary/aromatic N) is 5. The van der Waals surface area contributed by atoms with Gasteiger partial charge in [-0.2, -0.15) is 0 Å². The molecule has 2 aromatic heterocycles. The standard InChI is InChI=1S/C21H24F2N6S.HI/c1-14-26-27-20(28(14)2)12-25-21(24-7-5-17-4-3-9-30-17)29-8-6-18-15(13-29)10-16(22)11-19(18)23;/h3-4,9-11H,5-8,12-13H2,1-2H3,(H,24,25);1H. The van der Waals surface area contributed by atoms with Crippen molar-refractivity contribution in [1.29, 1.82) is 0 Å². The highest BCUT2D eigenvalue weighted by atomic mass is 127. The van der Waals surface area contributed by atoms with Crippen LogP contribution < -0.4 is 5.32 Å². The molecule has 0 spiro atoms. The van der Waals surface area contributed by atoms with Crippen molar-refractivity contribution in [3.8, 4) is 0 Å². The molecule has 0 amide bonds. The van der Waals surface area contributed by atoms with Gasteiger partial charge in [0.2, 0.25) is 0 Å². The average Bonchev–Trinajstić information content (AvgIpc) is 3.35. The van der Waals surface area contributed by atoms with Gasteiger partial charge in [-0.15, -0.1) is 45.5 Å². The third-order valence-electron chi connectivity index (χ3n) is 5.33. The number of nitrogens with one attached hydrogen (secondary N) is 1. The van der Waals surface area contributed by atoms with Gasteiger partial charge < -0.3 is 14.8 Å². The van der Waals surface area contributed by atoms with Crippen LogP contribution in [-0.4, -0.2) is 38.7 Å². The summed E-state index contributed by atoms with van der Waals surface area (Å²) in [6.45, 7) is 4.01. The number of guanidine groups is 1. The van der Waals surface area contributed by atoms with Crippen molar-refractivity contribution in [3.63, 3.8) is 0 Å². The molecule has 0 radical (unpaired) electrons. The Labute approximate surface area is 201 Å². The molecule has 0 atom stereocenters. The molecule has 0 unspecified atom stereocenters. The summed E-state index contributed by atoms with van der Waals surface area (Å²) in [5.41, 5.74) is 1.26. The fraction of sp³-hybridized carbons (Fsp3) is 0.381. The first-order valence-electron chi connectivity index (χ1n) is 9.88. The number of halogens is 3. The smallest absolute Gasteiger partial charge is 0.194 e. The van der Waals surface area contributed by atoms with Gasteiger partial charge in [0.15, 0.2) is 11.8 Å². The molecule has 166 valence electrons. The van der Waals surface area contributed by atoms with E-state index in [4.69, 9.17) is 4.99 Å². The Bertz CT molecular complexity index is 1050. The molecule has 3 heterocycles. The SMILES string of the molecule is Cc1nnc(CN=C(NCCc2cccs2)N2CCc3c(F)cc(F)cc3C2)n1C.I. The van der Waals surface area contributed by atoms with Gasteiger partial charge in [0.05, 0.1) is 0 Å². The van der Waals surface area contributed by atoms with E-state index in [2.05, 4.69) is 27.0 Å². The third kappa shape index (κ3) is 5.59. The van der Waals surface area contributed by atoms with E-state index in [0.29, 0.717) is 43.1 Å². The maximum atomic E-state index is 14.1. The minimum Gasteiger partial charge on any atom is -0.356 e. The third-order valence-corrected chi connectivity index (χ3v) is 6.27. The van der Waals surface area contributed by atoms with Gasteiger partial charge in [0.1, 0.15) is 24.0 Å². The van der Waals surface area contributed by atoms with E-state index in [9.17, 15) is 8.78 Å². The lowest BCUT2D eigenvalue weighted by molar-refractivity contribution is 0.369. The fourth-order valence-corrected chi connectivity index (χ4v) is 4.25. The summed E-state index contributed by atoms with van der Waals surface area (Å²) in [4.78, 5) is 8.08. The second kappa shape index (κ2) is 10.5. The number of rotatable bonds is 5. The maximum absolute atomic E-state index is 14.1. The maximum Gasteiger partial charge on any atom is 0.194 e. The predicted octanol–water partition coefficient (Wildman–Crippen LogP) is 3.83. The molecule has 10 heteroatoms. The summed E-state index contributed by atoms with van der Waals surface area (Å²) in [5, 5.41) is 13.7. The minimum absolute atomic E-state index is 0. The van der Waals surface area contributed by atoms with E-state index in [0.717, 1.165) is 30.7 Å². The monoisotopic (exact) mass is 558 g/mol. The van der Waals surface area contributed by atoms with Crippen LogP contribution in [0, 0.1) is 18.6 Å². The number of hydrogen-bond acceptors (Lipinski definition) is 4. The number of aryl methyl sites for hydroxylation is 1. The number of fused-ring (bicyclic) bond motifs is 1. The first-order valence-corrected chi connectivity index (χ1v) is 10.8. The number of thiophene rings is 1. The fourth-order valence-electron chi connectivity index (χ4n) is 3.54. The molecule has 1 N–H and O–H groups in total. The molecule has 0 fully saturated rings. The largest absolute Gasteiger partial charge is 0.356 e. The van der Waals surface area contributed by atoms with Crippen molar-refractivity contribution in [2.45, 2.75) is 32.9 Å². The zero-order valence-electron chi connectivity index (χ0n) is 17.4. The highest BCUT2D eigenvalue weighted by Crippen LogP contribution is 2.23. The van der Waals surface area contributed by atoms with Gasteiger partial charge >= 0.3 is 0 Å². The van der Waals surface area contributed by atoms with Crippen molar-refractivity contribution >= 4 is 41.3 Å². The Morgan fingerprint density at radius 2 is 2.13 bits per heavy atom. The molecule has 31 heavy (non-hydrogen) atoms. The summed E-state index contributed by atoms with van der Waals surface area (Å²) >= 11 is 1.72. The lowest BCUT2D eigenvalue weighted by Crippen LogP contribution is -2.45. The normalized spacial score (nSPS) is 13.7. The summed E-state index contributed by atoms with van der Waals surface area (Å²) < 4.78 is 29.8. The van der Waals surface area contributed by atoms with Crippen molar-refractivity contribution in [3.05, 3.63) is 68.9 Å². The van der Waals surface area contributed by atoms with Crippen LogP contribution in [0.3, 0.4) is 0 Å². The van der Waals surface area contributed by atoms with E-state index in [-0.39, 0.29) is 24.0 Å². The average molecular weight is 558 g/mol. The molecule has 3 aromatic rings. The molecule has 1 aliphatic rings. The molecule has 4 rings (SSSR count). The Morgan fingerprint density at radius 3 is 2.84 bits per heavy atom. The highest BCUT2D eigenvalue weighted by Gasteiger charge is 2.23. The molecular formula is C21H25F2IN6S. The van der Waals surface area contributed by atoms with E-state index < -0.39 is 11.6 Å². The molecular weight excluding hydrogens is 533 g/mol. The summed E-state index contributed by atoms with van der Waals surface area (Å²) in [6.07, 6.45) is 1.39.